The summed E-state index contributed by atoms with van der Waals surface area (Å²) in [5.74, 6) is 5.64. The predicted molar refractivity (Wildman–Crippen MR) is 72.6 cm³/mol. The molecule has 1 aromatic carbocycles. The van der Waals surface area contributed by atoms with E-state index in [1.54, 1.807) is 42.3 Å². The molecule has 102 valence electrons. The number of hydrogen-bond donors (Lipinski definition) is 2. The van der Waals surface area contributed by atoms with Gasteiger partial charge in [0.2, 0.25) is 0 Å². The van der Waals surface area contributed by atoms with E-state index in [4.69, 9.17) is 5.11 Å². The topological polar surface area (TPSA) is 80.0 Å². The van der Waals surface area contributed by atoms with Crippen LogP contribution in [0.3, 0.4) is 0 Å². The van der Waals surface area contributed by atoms with Crippen LogP contribution in [0.15, 0.2) is 30.6 Å². The second kappa shape index (κ2) is 6.50. The molecular weight excluding hydrogens is 256 g/mol. The summed E-state index contributed by atoms with van der Waals surface area (Å²) >= 11 is 0. The predicted octanol–water partition coefficient (Wildman–Crippen LogP) is 0.0889. The minimum atomic E-state index is -0.217. The van der Waals surface area contributed by atoms with Crippen molar-refractivity contribution in [2.24, 2.45) is 7.05 Å². The zero-order valence-corrected chi connectivity index (χ0v) is 11.0. The SMILES string of the molecule is Cn1cnc(CNC(=O)c2cccc(C#CCO)c2)n1. The summed E-state index contributed by atoms with van der Waals surface area (Å²) in [5, 5.41) is 15.5. The molecule has 0 spiro atoms. The Hall–Kier alpha value is -2.65. The molecule has 0 aliphatic heterocycles. The Morgan fingerprint density at radius 2 is 2.35 bits per heavy atom. The molecule has 0 saturated carbocycles. The van der Waals surface area contributed by atoms with Crippen LogP contribution in [0.2, 0.25) is 0 Å². The van der Waals surface area contributed by atoms with E-state index in [2.05, 4.69) is 27.2 Å². The van der Waals surface area contributed by atoms with Crippen LogP contribution in [0, 0.1) is 11.8 Å². The van der Waals surface area contributed by atoms with E-state index < -0.39 is 0 Å². The second-order valence-corrected chi connectivity index (χ2v) is 4.06. The first kappa shape index (κ1) is 13.8. The van der Waals surface area contributed by atoms with Crippen LogP contribution in [0.4, 0.5) is 0 Å². The van der Waals surface area contributed by atoms with Gasteiger partial charge in [-0.25, -0.2) is 4.98 Å². The Morgan fingerprint density at radius 3 is 3.05 bits per heavy atom. The summed E-state index contributed by atoms with van der Waals surface area (Å²) in [4.78, 5) is 16.0. The molecule has 1 amide bonds. The summed E-state index contributed by atoms with van der Waals surface area (Å²) in [7, 11) is 1.77. The normalized spacial score (nSPS) is 9.70. The van der Waals surface area contributed by atoms with Crippen molar-refractivity contribution in [1.29, 1.82) is 0 Å². The maximum Gasteiger partial charge on any atom is 0.251 e. The molecule has 20 heavy (non-hydrogen) atoms. The van der Waals surface area contributed by atoms with Crippen LogP contribution in [-0.4, -0.2) is 32.4 Å². The third kappa shape index (κ3) is 3.67. The minimum absolute atomic E-state index is 0.207. The highest BCUT2D eigenvalue weighted by Crippen LogP contribution is 2.04. The van der Waals surface area contributed by atoms with Crippen LogP contribution >= 0.6 is 0 Å². The van der Waals surface area contributed by atoms with Crippen molar-refractivity contribution in [2.75, 3.05) is 6.61 Å². The number of amides is 1. The number of aliphatic hydroxyl groups excluding tert-OH is 1. The van der Waals surface area contributed by atoms with Crippen LogP contribution in [0.5, 0.6) is 0 Å². The maximum absolute atomic E-state index is 12.0. The number of rotatable bonds is 3. The fraction of sp³-hybridized carbons (Fsp3) is 0.214. The van der Waals surface area contributed by atoms with Crippen molar-refractivity contribution in [3.8, 4) is 11.8 Å². The van der Waals surface area contributed by atoms with Gasteiger partial charge in [-0.3, -0.25) is 9.48 Å². The standard InChI is InChI=1S/C14H14N4O2/c1-18-10-16-13(17-18)9-15-14(20)12-6-2-4-11(8-12)5-3-7-19/h2,4,6,8,10,19H,7,9H2,1H3,(H,15,20). The molecule has 0 fully saturated rings. The van der Waals surface area contributed by atoms with E-state index in [9.17, 15) is 4.79 Å². The molecule has 0 saturated heterocycles. The fourth-order valence-corrected chi connectivity index (χ4v) is 1.61. The number of nitrogens with one attached hydrogen (secondary N) is 1. The summed E-state index contributed by atoms with van der Waals surface area (Å²) in [5.41, 5.74) is 1.19. The zero-order valence-electron chi connectivity index (χ0n) is 11.0. The molecule has 6 nitrogen and oxygen atoms in total. The quantitative estimate of drug-likeness (QED) is 0.775. The Kier molecular flexibility index (Phi) is 4.47. The molecule has 0 bridgehead atoms. The summed E-state index contributed by atoms with van der Waals surface area (Å²) < 4.78 is 1.58. The lowest BCUT2D eigenvalue weighted by Gasteiger charge is -2.03. The monoisotopic (exact) mass is 270 g/mol. The van der Waals surface area contributed by atoms with Gasteiger partial charge in [-0.2, -0.15) is 5.10 Å². The van der Waals surface area contributed by atoms with Crippen molar-refractivity contribution in [2.45, 2.75) is 6.54 Å². The summed E-state index contributed by atoms with van der Waals surface area (Å²) in [6.07, 6.45) is 1.58. The molecule has 0 aliphatic rings. The van der Waals surface area contributed by atoms with Crippen molar-refractivity contribution in [3.05, 3.63) is 47.5 Å². The molecule has 0 unspecified atom stereocenters. The number of aliphatic hydroxyl groups is 1. The van der Waals surface area contributed by atoms with Crippen LogP contribution in [0.25, 0.3) is 0 Å². The number of aromatic nitrogens is 3. The summed E-state index contributed by atoms with van der Waals surface area (Å²) in [6.45, 7) is 0.0635. The van der Waals surface area contributed by atoms with Gasteiger partial charge in [0.1, 0.15) is 12.9 Å². The highest BCUT2D eigenvalue weighted by Gasteiger charge is 2.07. The number of benzene rings is 1. The van der Waals surface area contributed by atoms with E-state index in [1.807, 2.05) is 0 Å². The van der Waals surface area contributed by atoms with Gasteiger partial charge < -0.3 is 10.4 Å². The number of aryl methyl sites for hydroxylation is 1. The number of carbonyl (C=O) groups is 1. The highest BCUT2D eigenvalue weighted by atomic mass is 16.2. The molecule has 2 rings (SSSR count). The molecule has 2 N–H and O–H groups in total. The average molecular weight is 270 g/mol. The maximum atomic E-state index is 12.0. The van der Waals surface area contributed by atoms with Gasteiger partial charge in [0.05, 0.1) is 6.54 Å². The van der Waals surface area contributed by atoms with Crippen molar-refractivity contribution < 1.29 is 9.90 Å². The molecule has 6 heteroatoms. The largest absolute Gasteiger partial charge is 0.384 e. The molecule has 1 heterocycles. The summed E-state index contributed by atoms with van der Waals surface area (Å²) in [6, 6.07) is 6.89. The van der Waals surface area contributed by atoms with E-state index in [0.717, 1.165) is 0 Å². The van der Waals surface area contributed by atoms with Gasteiger partial charge in [-0.1, -0.05) is 17.9 Å². The third-order valence-corrected chi connectivity index (χ3v) is 2.49. The average Bonchev–Trinajstić information content (AvgIpc) is 2.88. The number of carbonyl (C=O) groups excluding carboxylic acids is 1. The van der Waals surface area contributed by atoms with E-state index in [1.165, 1.54) is 0 Å². The molecule has 1 aromatic heterocycles. The Morgan fingerprint density at radius 1 is 1.50 bits per heavy atom. The van der Waals surface area contributed by atoms with Gasteiger partial charge >= 0.3 is 0 Å². The van der Waals surface area contributed by atoms with E-state index >= 15 is 0 Å². The molecule has 0 aliphatic carbocycles. The second-order valence-electron chi connectivity index (χ2n) is 4.06. The van der Waals surface area contributed by atoms with Crippen molar-refractivity contribution >= 4 is 5.91 Å². The van der Waals surface area contributed by atoms with Gasteiger partial charge in [-0.15, -0.1) is 0 Å². The fourth-order valence-electron chi connectivity index (χ4n) is 1.61. The van der Waals surface area contributed by atoms with Gasteiger partial charge in [0.25, 0.3) is 5.91 Å². The highest BCUT2D eigenvalue weighted by molar-refractivity contribution is 5.94. The Labute approximate surface area is 116 Å². The zero-order chi connectivity index (χ0) is 14.4. The van der Waals surface area contributed by atoms with Crippen LogP contribution < -0.4 is 5.32 Å². The van der Waals surface area contributed by atoms with Crippen molar-refractivity contribution in [3.63, 3.8) is 0 Å². The van der Waals surface area contributed by atoms with Crippen LogP contribution in [0.1, 0.15) is 21.7 Å². The lowest BCUT2D eigenvalue weighted by Crippen LogP contribution is -2.23. The molecule has 0 atom stereocenters. The Bertz CT molecular complexity index is 667. The first-order chi connectivity index (χ1) is 9.69. The van der Waals surface area contributed by atoms with Gasteiger partial charge in [-0.05, 0) is 18.2 Å². The number of nitrogens with zero attached hydrogens (tertiary/aromatic N) is 3. The van der Waals surface area contributed by atoms with E-state index in [-0.39, 0.29) is 19.1 Å². The minimum Gasteiger partial charge on any atom is -0.384 e. The first-order valence-electron chi connectivity index (χ1n) is 6.01. The third-order valence-electron chi connectivity index (χ3n) is 2.49. The Balaban J connectivity index is 2.01. The lowest BCUT2D eigenvalue weighted by molar-refractivity contribution is 0.0950. The smallest absolute Gasteiger partial charge is 0.251 e. The molecular formula is C14H14N4O2. The van der Waals surface area contributed by atoms with Crippen molar-refractivity contribution in [1.82, 2.24) is 20.1 Å². The van der Waals surface area contributed by atoms with Crippen LogP contribution in [-0.2, 0) is 13.6 Å². The van der Waals surface area contributed by atoms with Gasteiger partial charge in [0, 0.05) is 18.2 Å². The lowest BCUT2D eigenvalue weighted by atomic mass is 10.1. The number of hydrogen-bond acceptors (Lipinski definition) is 4. The molecule has 2 aromatic rings. The first-order valence-corrected chi connectivity index (χ1v) is 6.01. The molecule has 0 radical (unpaired) electrons. The van der Waals surface area contributed by atoms with E-state index in [0.29, 0.717) is 17.0 Å². The van der Waals surface area contributed by atoms with Gasteiger partial charge in [0.15, 0.2) is 5.82 Å².